The summed E-state index contributed by atoms with van der Waals surface area (Å²) in [7, 11) is 0. The number of aliphatic hydroxyl groups excluding tert-OH is 1. The second kappa shape index (κ2) is 8.53. The Kier molecular flexibility index (Phi) is 8.21. The van der Waals surface area contributed by atoms with Crippen LogP contribution in [0.25, 0.3) is 0 Å². The van der Waals surface area contributed by atoms with Crippen molar-refractivity contribution in [1.82, 2.24) is 5.32 Å². The van der Waals surface area contributed by atoms with E-state index in [-0.39, 0.29) is 18.1 Å². The van der Waals surface area contributed by atoms with Crippen molar-refractivity contribution < 1.29 is 14.6 Å². The molecule has 96 valence electrons. The van der Waals surface area contributed by atoms with Crippen molar-refractivity contribution >= 4 is 5.97 Å². The Bertz CT molecular complexity index is 193. The molecule has 0 bridgehead atoms. The molecule has 0 amide bonds. The lowest BCUT2D eigenvalue weighted by molar-refractivity contribution is -0.143. The van der Waals surface area contributed by atoms with Gasteiger partial charge in [-0.15, -0.1) is 0 Å². The smallest absolute Gasteiger partial charge is 0.305 e. The highest BCUT2D eigenvalue weighted by molar-refractivity contribution is 5.69. The van der Waals surface area contributed by atoms with Gasteiger partial charge < -0.3 is 15.2 Å². The summed E-state index contributed by atoms with van der Waals surface area (Å²) in [4.78, 5) is 11.0. The minimum absolute atomic E-state index is 0.105. The molecule has 0 aliphatic heterocycles. The third kappa shape index (κ3) is 8.68. The lowest BCUT2D eigenvalue weighted by Crippen LogP contribution is -2.43. The Morgan fingerprint density at radius 1 is 1.31 bits per heavy atom. The highest BCUT2D eigenvalue weighted by Crippen LogP contribution is 2.03. The van der Waals surface area contributed by atoms with Crippen molar-refractivity contribution in [3.63, 3.8) is 0 Å². The van der Waals surface area contributed by atoms with Crippen LogP contribution in [-0.2, 0) is 9.53 Å². The predicted molar refractivity (Wildman–Crippen MR) is 64.3 cm³/mol. The Morgan fingerprint density at radius 2 is 2.00 bits per heavy atom. The average Bonchev–Trinajstić information content (AvgIpc) is 2.23. The van der Waals surface area contributed by atoms with Crippen LogP contribution in [0, 0.1) is 0 Å². The molecule has 0 aromatic rings. The molecule has 0 rings (SSSR count). The third-order valence-electron chi connectivity index (χ3n) is 2.36. The molecular weight excluding hydrogens is 206 g/mol. The van der Waals surface area contributed by atoms with Gasteiger partial charge in [-0.3, -0.25) is 4.79 Å². The highest BCUT2D eigenvalue weighted by Gasteiger charge is 2.13. The first-order valence-corrected chi connectivity index (χ1v) is 6.03. The fourth-order valence-corrected chi connectivity index (χ4v) is 1.29. The number of nitrogens with one attached hydrogen (secondary N) is 1. The summed E-state index contributed by atoms with van der Waals surface area (Å²) < 4.78 is 4.83. The summed E-state index contributed by atoms with van der Waals surface area (Å²) in [5, 5.41) is 12.3. The molecule has 0 atom stereocenters. The summed E-state index contributed by atoms with van der Waals surface area (Å²) in [5.41, 5.74) is -0.207. The zero-order valence-electron chi connectivity index (χ0n) is 10.7. The largest absolute Gasteiger partial charge is 0.466 e. The number of hydrogen-bond acceptors (Lipinski definition) is 4. The van der Waals surface area contributed by atoms with Gasteiger partial charge in [-0.05, 0) is 40.2 Å². The van der Waals surface area contributed by atoms with Gasteiger partial charge in [-0.25, -0.2) is 0 Å². The van der Waals surface area contributed by atoms with Gasteiger partial charge in [0.2, 0.25) is 0 Å². The molecule has 0 saturated carbocycles. The van der Waals surface area contributed by atoms with Crippen LogP contribution >= 0.6 is 0 Å². The number of carbonyl (C=O) groups is 1. The fourth-order valence-electron chi connectivity index (χ4n) is 1.29. The van der Waals surface area contributed by atoms with E-state index >= 15 is 0 Å². The number of esters is 1. The maximum Gasteiger partial charge on any atom is 0.305 e. The highest BCUT2D eigenvalue weighted by atomic mass is 16.5. The monoisotopic (exact) mass is 231 g/mol. The van der Waals surface area contributed by atoms with Crippen LogP contribution in [0.4, 0.5) is 0 Å². The standard InChI is InChI=1S/C12H25NO3/c1-4-16-11(15)8-6-5-7-9-13-12(2,3)10-14/h13-14H,4-10H2,1-3H3. The Morgan fingerprint density at radius 3 is 2.56 bits per heavy atom. The van der Waals surface area contributed by atoms with Gasteiger partial charge in [0.05, 0.1) is 13.2 Å². The van der Waals surface area contributed by atoms with E-state index in [1.165, 1.54) is 0 Å². The molecular formula is C12H25NO3. The van der Waals surface area contributed by atoms with Gasteiger partial charge in [0.25, 0.3) is 0 Å². The normalized spacial score (nSPS) is 11.5. The number of ether oxygens (including phenoxy) is 1. The Balaban J connectivity index is 3.31. The van der Waals surface area contributed by atoms with Gasteiger partial charge in [-0.2, -0.15) is 0 Å². The van der Waals surface area contributed by atoms with Gasteiger partial charge in [-0.1, -0.05) is 6.42 Å². The van der Waals surface area contributed by atoms with E-state index in [0.29, 0.717) is 13.0 Å². The molecule has 4 heteroatoms. The van der Waals surface area contributed by atoms with Crippen molar-refractivity contribution in [2.45, 2.75) is 52.0 Å². The second-order valence-electron chi connectivity index (χ2n) is 4.58. The zero-order chi connectivity index (χ0) is 12.4. The van der Waals surface area contributed by atoms with E-state index in [2.05, 4.69) is 5.32 Å². The topological polar surface area (TPSA) is 58.6 Å². The molecule has 0 radical (unpaired) electrons. The lowest BCUT2D eigenvalue weighted by Gasteiger charge is -2.23. The van der Waals surface area contributed by atoms with E-state index in [0.717, 1.165) is 25.8 Å². The molecule has 0 aromatic heterocycles. The van der Waals surface area contributed by atoms with Gasteiger partial charge in [0.15, 0.2) is 0 Å². The second-order valence-corrected chi connectivity index (χ2v) is 4.58. The zero-order valence-corrected chi connectivity index (χ0v) is 10.7. The quantitative estimate of drug-likeness (QED) is 0.466. The van der Waals surface area contributed by atoms with Crippen molar-refractivity contribution in [3.05, 3.63) is 0 Å². The third-order valence-corrected chi connectivity index (χ3v) is 2.36. The molecule has 0 heterocycles. The predicted octanol–water partition coefficient (Wildman–Crippen LogP) is 1.47. The molecule has 0 aliphatic carbocycles. The fraction of sp³-hybridized carbons (Fsp3) is 0.917. The van der Waals surface area contributed by atoms with Gasteiger partial charge in [0.1, 0.15) is 0 Å². The number of rotatable bonds is 9. The van der Waals surface area contributed by atoms with E-state index in [9.17, 15) is 4.79 Å². The number of aliphatic hydroxyl groups is 1. The van der Waals surface area contributed by atoms with E-state index < -0.39 is 0 Å². The van der Waals surface area contributed by atoms with Crippen LogP contribution in [0.2, 0.25) is 0 Å². The van der Waals surface area contributed by atoms with E-state index in [1.807, 2.05) is 20.8 Å². The Hall–Kier alpha value is -0.610. The maximum absolute atomic E-state index is 11.0. The first kappa shape index (κ1) is 15.4. The van der Waals surface area contributed by atoms with Gasteiger partial charge >= 0.3 is 5.97 Å². The number of unbranched alkanes of at least 4 members (excludes halogenated alkanes) is 2. The molecule has 2 N–H and O–H groups in total. The molecule has 16 heavy (non-hydrogen) atoms. The first-order valence-electron chi connectivity index (χ1n) is 6.03. The van der Waals surface area contributed by atoms with Crippen LogP contribution in [-0.4, -0.2) is 36.4 Å². The molecule has 4 nitrogen and oxygen atoms in total. The van der Waals surface area contributed by atoms with Crippen molar-refractivity contribution in [3.8, 4) is 0 Å². The minimum atomic E-state index is -0.207. The SMILES string of the molecule is CCOC(=O)CCCCCNC(C)(C)CO. The first-order chi connectivity index (χ1) is 7.52. The lowest BCUT2D eigenvalue weighted by atomic mass is 10.1. The summed E-state index contributed by atoms with van der Waals surface area (Å²) in [5.74, 6) is -0.105. The van der Waals surface area contributed by atoms with Crippen LogP contribution in [0.3, 0.4) is 0 Å². The molecule has 0 aromatic carbocycles. The van der Waals surface area contributed by atoms with Crippen LogP contribution in [0.1, 0.15) is 46.5 Å². The molecule has 0 unspecified atom stereocenters. The van der Waals surface area contributed by atoms with Crippen LogP contribution < -0.4 is 5.32 Å². The summed E-state index contributed by atoms with van der Waals surface area (Å²) >= 11 is 0. The minimum Gasteiger partial charge on any atom is -0.466 e. The molecule has 0 saturated heterocycles. The summed E-state index contributed by atoms with van der Waals surface area (Å²) in [6.07, 6.45) is 3.41. The molecule has 0 fully saturated rings. The summed E-state index contributed by atoms with van der Waals surface area (Å²) in [6, 6.07) is 0. The molecule has 0 aliphatic rings. The van der Waals surface area contributed by atoms with E-state index in [4.69, 9.17) is 9.84 Å². The van der Waals surface area contributed by atoms with Crippen molar-refractivity contribution in [2.24, 2.45) is 0 Å². The van der Waals surface area contributed by atoms with Crippen molar-refractivity contribution in [1.29, 1.82) is 0 Å². The van der Waals surface area contributed by atoms with Crippen molar-refractivity contribution in [2.75, 3.05) is 19.8 Å². The maximum atomic E-state index is 11.0. The summed E-state index contributed by atoms with van der Waals surface area (Å²) in [6.45, 7) is 7.22. The average molecular weight is 231 g/mol. The van der Waals surface area contributed by atoms with Gasteiger partial charge in [0, 0.05) is 12.0 Å². The van der Waals surface area contributed by atoms with Crippen LogP contribution in [0.5, 0.6) is 0 Å². The van der Waals surface area contributed by atoms with E-state index in [1.54, 1.807) is 0 Å². The Labute approximate surface area is 98.4 Å². The van der Waals surface area contributed by atoms with Crippen LogP contribution in [0.15, 0.2) is 0 Å². The molecule has 0 spiro atoms. The number of carbonyl (C=O) groups excluding carboxylic acids is 1. The number of hydrogen-bond donors (Lipinski definition) is 2.